The highest BCUT2D eigenvalue weighted by Crippen LogP contribution is 2.39. The first-order valence-electron chi connectivity index (χ1n) is 8.24. The maximum atomic E-state index is 12.4. The van der Waals surface area contributed by atoms with Crippen molar-refractivity contribution in [1.82, 2.24) is 0 Å². The van der Waals surface area contributed by atoms with E-state index < -0.39 is 24.9 Å². The molecule has 0 N–H and O–H groups in total. The van der Waals surface area contributed by atoms with E-state index in [-0.39, 0.29) is 10.9 Å². The summed E-state index contributed by atoms with van der Waals surface area (Å²) < 4.78 is 41.4. The van der Waals surface area contributed by atoms with Crippen LogP contribution in [0.2, 0.25) is 0 Å². The van der Waals surface area contributed by atoms with Crippen LogP contribution in [0, 0.1) is 0 Å². The zero-order chi connectivity index (χ0) is 19.5. The second-order valence-corrected chi connectivity index (χ2v) is 8.19. The van der Waals surface area contributed by atoms with E-state index in [0.29, 0.717) is 11.3 Å². The molecule has 0 atom stereocenters. The summed E-state index contributed by atoms with van der Waals surface area (Å²) in [5.74, 6) is 0.452. The number of halogens is 2. The molecule has 0 radical (unpaired) electrons. The number of carbonyl (C=O) groups excluding carboxylic acids is 1. The minimum absolute atomic E-state index is 0.0257. The van der Waals surface area contributed by atoms with Crippen molar-refractivity contribution in [2.45, 2.75) is 52.4 Å². The fourth-order valence-corrected chi connectivity index (χ4v) is 2.94. The molecule has 1 aliphatic heterocycles. The molecule has 1 aromatic rings. The highest BCUT2D eigenvalue weighted by Gasteiger charge is 2.52. The Bertz CT molecular complexity index is 676. The van der Waals surface area contributed by atoms with Gasteiger partial charge in [-0.2, -0.15) is 8.78 Å². The Morgan fingerprint density at radius 1 is 1.27 bits per heavy atom. The van der Waals surface area contributed by atoms with Gasteiger partial charge in [-0.05, 0) is 50.9 Å². The number of thioether (sulfide) groups is 1. The van der Waals surface area contributed by atoms with Crippen molar-refractivity contribution >= 4 is 30.1 Å². The maximum absolute atomic E-state index is 12.4. The Kier molecular flexibility index (Phi) is 6.53. The molecule has 1 aromatic carbocycles. The molecular weight excluding hydrogens is 361 g/mol. The third kappa shape index (κ3) is 5.31. The molecule has 0 aliphatic carbocycles. The van der Waals surface area contributed by atoms with Crippen LogP contribution in [0.1, 0.15) is 40.2 Å². The molecule has 142 valence electrons. The number of rotatable bonds is 6. The van der Waals surface area contributed by atoms with Crippen LogP contribution in [0.4, 0.5) is 8.78 Å². The van der Waals surface area contributed by atoms with Crippen molar-refractivity contribution in [2.24, 2.45) is 0 Å². The topological polar surface area (TPSA) is 44.8 Å². The lowest BCUT2D eigenvalue weighted by Crippen LogP contribution is -2.41. The molecule has 8 heteroatoms. The average molecular weight is 384 g/mol. The Morgan fingerprint density at radius 3 is 2.42 bits per heavy atom. The smallest absolute Gasteiger partial charge is 0.435 e. The van der Waals surface area contributed by atoms with E-state index >= 15 is 0 Å². The lowest BCUT2D eigenvalue weighted by Gasteiger charge is -2.32. The van der Waals surface area contributed by atoms with Gasteiger partial charge in [0.1, 0.15) is 5.75 Å². The summed E-state index contributed by atoms with van der Waals surface area (Å²) in [4.78, 5) is 11.4. The van der Waals surface area contributed by atoms with Crippen LogP contribution in [0.25, 0.3) is 6.08 Å². The van der Waals surface area contributed by atoms with E-state index in [1.807, 2.05) is 27.7 Å². The van der Waals surface area contributed by atoms with E-state index in [4.69, 9.17) is 9.31 Å². The zero-order valence-electron chi connectivity index (χ0n) is 15.5. The van der Waals surface area contributed by atoms with Gasteiger partial charge < -0.3 is 14.0 Å². The SMILES string of the molecule is CC(=O)SCC(=Cc1cccc(OC(F)F)c1)B1OC(C)(C)C(C)(C)O1. The summed E-state index contributed by atoms with van der Waals surface area (Å²) in [5.41, 5.74) is 0.381. The molecule has 2 rings (SSSR count). The molecule has 1 aliphatic rings. The van der Waals surface area contributed by atoms with E-state index in [1.54, 1.807) is 18.2 Å². The highest BCUT2D eigenvalue weighted by molar-refractivity contribution is 8.13. The van der Waals surface area contributed by atoms with Crippen molar-refractivity contribution < 1.29 is 27.6 Å². The number of benzene rings is 1. The largest absolute Gasteiger partial charge is 0.491 e. The second-order valence-electron chi connectivity index (χ2n) is 7.04. The summed E-state index contributed by atoms with van der Waals surface area (Å²) in [6, 6.07) is 6.36. The quantitative estimate of drug-likeness (QED) is 0.672. The van der Waals surface area contributed by atoms with Crippen LogP contribution in [-0.4, -0.2) is 35.8 Å². The van der Waals surface area contributed by atoms with E-state index in [9.17, 15) is 13.6 Å². The lowest BCUT2D eigenvalue weighted by molar-refractivity contribution is -0.109. The normalized spacial score (nSPS) is 19.1. The third-order valence-electron chi connectivity index (χ3n) is 4.43. The number of hydrogen-bond donors (Lipinski definition) is 0. The van der Waals surface area contributed by atoms with Crippen molar-refractivity contribution in [2.75, 3.05) is 5.75 Å². The summed E-state index contributed by atoms with van der Waals surface area (Å²) >= 11 is 1.14. The standard InChI is InChI=1S/C18H23BF2O4S/c1-12(22)26-11-14(19-24-17(2,3)18(4,5)25-19)9-13-7-6-8-15(10-13)23-16(20)21/h6-10,16H,11H2,1-5H3. The first-order valence-corrected chi connectivity index (χ1v) is 9.23. The Hall–Kier alpha value is -1.38. The molecule has 1 heterocycles. The summed E-state index contributed by atoms with van der Waals surface area (Å²) in [5, 5.41) is -0.0257. The average Bonchev–Trinajstić information content (AvgIpc) is 2.71. The van der Waals surface area contributed by atoms with Crippen LogP contribution in [0.15, 0.2) is 29.7 Å². The summed E-state index contributed by atoms with van der Waals surface area (Å²) in [6.45, 7) is 6.38. The van der Waals surface area contributed by atoms with Crippen molar-refractivity contribution in [1.29, 1.82) is 0 Å². The maximum Gasteiger partial charge on any atom is 0.491 e. The molecule has 0 spiro atoms. The predicted octanol–water partition coefficient (Wildman–Crippen LogP) is 4.58. The molecule has 0 bridgehead atoms. The van der Waals surface area contributed by atoms with Crippen LogP contribution >= 0.6 is 11.8 Å². The molecule has 1 fully saturated rings. The second kappa shape index (κ2) is 8.11. The van der Waals surface area contributed by atoms with Crippen molar-refractivity contribution in [3.05, 3.63) is 35.3 Å². The van der Waals surface area contributed by atoms with Gasteiger partial charge in [-0.3, -0.25) is 4.79 Å². The van der Waals surface area contributed by atoms with Crippen LogP contribution in [0.5, 0.6) is 5.75 Å². The Morgan fingerprint density at radius 2 is 1.88 bits per heavy atom. The summed E-state index contributed by atoms with van der Waals surface area (Å²) in [6.07, 6.45) is 1.79. The molecular formula is C18H23BF2O4S. The minimum Gasteiger partial charge on any atom is -0.435 e. The third-order valence-corrected chi connectivity index (χ3v) is 5.32. The first kappa shape index (κ1) is 20.9. The number of alkyl halides is 2. The van der Waals surface area contributed by atoms with Gasteiger partial charge in [0.2, 0.25) is 0 Å². The van der Waals surface area contributed by atoms with Gasteiger partial charge in [0, 0.05) is 12.7 Å². The fraction of sp³-hybridized carbons (Fsp3) is 0.500. The minimum atomic E-state index is -2.88. The van der Waals surface area contributed by atoms with Crippen LogP contribution < -0.4 is 4.74 Å². The van der Waals surface area contributed by atoms with Crippen molar-refractivity contribution in [3.8, 4) is 5.75 Å². The molecule has 26 heavy (non-hydrogen) atoms. The Balaban J connectivity index is 2.30. The number of hydrogen-bond acceptors (Lipinski definition) is 5. The Labute approximate surface area is 157 Å². The predicted molar refractivity (Wildman–Crippen MR) is 100 cm³/mol. The monoisotopic (exact) mass is 384 g/mol. The van der Waals surface area contributed by atoms with E-state index in [1.165, 1.54) is 19.1 Å². The van der Waals surface area contributed by atoms with Crippen LogP contribution in [0.3, 0.4) is 0 Å². The zero-order valence-corrected chi connectivity index (χ0v) is 16.4. The lowest BCUT2D eigenvalue weighted by atomic mass is 9.78. The van der Waals surface area contributed by atoms with Gasteiger partial charge in [0.05, 0.1) is 11.2 Å². The molecule has 4 nitrogen and oxygen atoms in total. The number of ether oxygens (including phenoxy) is 1. The first-order chi connectivity index (χ1) is 12.0. The summed E-state index contributed by atoms with van der Waals surface area (Å²) in [7, 11) is -0.619. The molecule has 0 saturated carbocycles. The van der Waals surface area contributed by atoms with Gasteiger partial charge in [-0.25, -0.2) is 0 Å². The van der Waals surface area contributed by atoms with E-state index in [0.717, 1.165) is 17.2 Å². The fourth-order valence-electron chi connectivity index (χ4n) is 2.35. The molecule has 1 saturated heterocycles. The number of carbonyl (C=O) groups is 1. The van der Waals surface area contributed by atoms with Gasteiger partial charge in [0.25, 0.3) is 0 Å². The molecule has 0 amide bonds. The van der Waals surface area contributed by atoms with Crippen molar-refractivity contribution in [3.63, 3.8) is 0 Å². The molecule has 0 aromatic heterocycles. The van der Waals surface area contributed by atoms with Gasteiger partial charge in [-0.15, -0.1) is 0 Å². The van der Waals surface area contributed by atoms with Crippen LogP contribution in [-0.2, 0) is 14.1 Å². The highest BCUT2D eigenvalue weighted by atomic mass is 32.2. The van der Waals surface area contributed by atoms with Gasteiger partial charge >= 0.3 is 13.7 Å². The molecule has 0 unspecified atom stereocenters. The van der Waals surface area contributed by atoms with E-state index in [2.05, 4.69) is 4.74 Å². The van der Waals surface area contributed by atoms with Gasteiger partial charge in [0.15, 0.2) is 5.12 Å². The van der Waals surface area contributed by atoms with Gasteiger partial charge in [-0.1, -0.05) is 30.0 Å².